The smallest absolute Gasteiger partial charge is 0.378 e. The van der Waals surface area contributed by atoms with E-state index in [1.165, 1.54) is 25.1 Å². The van der Waals surface area contributed by atoms with Crippen LogP contribution in [0.5, 0.6) is 0 Å². The predicted octanol–water partition coefficient (Wildman–Crippen LogP) is 6.84. The molecule has 2 aromatic carbocycles. The average molecular weight is 746 g/mol. The van der Waals surface area contributed by atoms with Gasteiger partial charge in [-0.25, -0.2) is 18.2 Å². The Bertz CT molecular complexity index is 2150. The van der Waals surface area contributed by atoms with E-state index in [9.17, 15) is 41.0 Å². The molecule has 6 rings (SSSR count). The molecule has 0 bridgehead atoms. The quantitative estimate of drug-likeness (QED) is 0.135. The molecular weight excluding hydrogens is 714 g/mol. The summed E-state index contributed by atoms with van der Waals surface area (Å²) in [4.78, 5) is 30.3. The van der Waals surface area contributed by atoms with E-state index in [1.54, 1.807) is 0 Å². The third-order valence-corrected chi connectivity index (χ3v) is 9.30. The van der Waals surface area contributed by atoms with Gasteiger partial charge in [-0.2, -0.15) is 27.1 Å². The number of benzene rings is 2. The van der Waals surface area contributed by atoms with E-state index >= 15 is 8.78 Å². The van der Waals surface area contributed by atoms with Crippen molar-refractivity contribution in [3.05, 3.63) is 105 Å². The van der Waals surface area contributed by atoms with Crippen LogP contribution < -0.4 is 11.1 Å². The monoisotopic (exact) mass is 745 g/mol. The molecule has 2 amide bonds. The Morgan fingerprint density at radius 1 is 1.06 bits per heavy atom. The summed E-state index contributed by atoms with van der Waals surface area (Å²) in [5.41, 5.74) is 0.499. The van der Waals surface area contributed by atoms with Gasteiger partial charge in [0.15, 0.2) is 5.69 Å². The number of carbonyl (C=O) groups excluding carboxylic acids is 2. The molecule has 0 radical (unpaired) electrons. The van der Waals surface area contributed by atoms with Crippen LogP contribution in [0.3, 0.4) is 0 Å². The Kier molecular flexibility index (Phi) is 9.84. The summed E-state index contributed by atoms with van der Waals surface area (Å²) in [5, 5.41) is 16.7. The van der Waals surface area contributed by atoms with E-state index in [0.717, 1.165) is 37.1 Å². The van der Waals surface area contributed by atoms with Crippen molar-refractivity contribution in [2.75, 3.05) is 0 Å². The fourth-order valence-electron chi connectivity index (χ4n) is 6.99. The zero-order valence-electron chi connectivity index (χ0n) is 27.9. The minimum absolute atomic E-state index is 0.0195. The van der Waals surface area contributed by atoms with Gasteiger partial charge in [-0.15, -0.1) is 0 Å². The molecule has 53 heavy (non-hydrogen) atoms. The first kappa shape index (κ1) is 37.5. The molecular formula is C37H31F8N5O3. The maximum absolute atomic E-state index is 15.1. The van der Waals surface area contributed by atoms with Gasteiger partial charge < -0.3 is 16.2 Å². The van der Waals surface area contributed by atoms with Crippen LogP contribution in [0.4, 0.5) is 35.1 Å². The lowest BCUT2D eigenvalue weighted by atomic mass is 9.93. The van der Waals surface area contributed by atoms with Crippen molar-refractivity contribution >= 4 is 11.8 Å². The van der Waals surface area contributed by atoms with Crippen LogP contribution in [-0.2, 0) is 29.9 Å². The maximum atomic E-state index is 15.1. The van der Waals surface area contributed by atoms with E-state index in [0.29, 0.717) is 23.6 Å². The number of amides is 2. The number of carbonyl (C=O) groups is 2. The fourth-order valence-corrected chi connectivity index (χ4v) is 6.99. The van der Waals surface area contributed by atoms with Crippen LogP contribution >= 0.6 is 0 Å². The van der Waals surface area contributed by atoms with Crippen LogP contribution in [-0.4, -0.2) is 37.3 Å². The molecule has 8 nitrogen and oxygen atoms in total. The van der Waals surface area contributed by atoms with Gasteiger partial charge in [-0.1, -0.05) is 18.9 Å². The van der Waals surface area contributed by atoms with Gasteiger partial charge in [0, 0.05) is 23.6 Å². The van der Waals surface area contributed by atoms with Gasteiger partial charge in [0.25, 0.3) is 11.8 Å². The van der Waals surface area contributed by atoms with Crippen LogP contribution in [0.25, 0.3) is 11.1 Å². The van der Waals surface area contributed by atoms with Crippen LogP contribution in [0.2, 0.25) is 0 Å². The van der Waals surface area contributed by atoms with E-state index < -0.39 is 101 Å². The summed E-state index contributed by atoms with van der Waals surface area (Å²) < 4.78 is 115. The molecule has 2 atom stereocenters. The Morgan fingerprint density at radius 2 is 1.74 bits per heavy atom. The summed E-state index contributed by atoms with van der Waals surface area (Å²) in [5.74, 6) is -4.51. The summed E-state index contributed by atoms with van der Waals surface area (Å²) in [6.45, 7) is 0.0850. The van der Waals surface area contributed by atoms with Crippen LogP contribution in [0, 0.1) is 29.3 Å². The first-order valence-corrected chi connectivity index (χ1v) is 16.5. The van der Waals surface area contributed by atoms with Gasteiger partial charge in [0.05, 0.1) is 17.3 Å². The Balaban J connectivity index is 1.47. The molecule has 278 valence electrons. The number of nitrogens with two attached hydrogens (primary N) is 1. The van der Waals surface area contributed by atoms with E-state index in [4.69, 9.17) is 5.73 Å². The van der Waals surface area contributed by atoms with Crippen molar-refractivity contribution in [1.29, 1.82) is 0 Å². The molecule has 2 aliphatic rings. The summed E-state index contributed by atoms with van der Waals surface area (Å²) in [6.07, 6.45) is -4.15. The van der Waals surface area contributed by atoms with Crippen molar-refractivity contribution in [3.8, 4) is 23.0 Å². The lowest BCUT2D eigenvalue weighted by molar-refractivity contribution is -0.142. The van der Waals surface area contributed by atoms with Gasteiger partial charge in [-0.3, -0.25) is 14.3 Å². The van der Waals surface area contributed by atoms with Gasteiger partial charge in [-0.05, 0) is 91.5 Å². The summed E-state index contributed by atoms with van der Waals surface area (Å²) in [7, 11) is 0. The number of pyridine rings is 1. The first-order chi connectivity index (χ1) is 24.8. The third-order valence-electron chi connectivity index (χ3n) is 9.30. The Hall–Kier alpha value is -5.30. The number of primary amides is 1. The van der Waals surface area contributed by atoms with Crippen molar-refractivity contribution < 1.29 is 49.8 Å². The van der Waals surface area contributed by atoms with E-state index in [-0.39, 0.29) is 28.1 Å². The minimum atomic E-state index is -5.10. The number of rotatable bonds is 8. The largest absolute Gasteiger partial charge is 0.435 e. The molecule has 1 saturated carbocycles. The van der Waals surface area contributed by atoms with Crippen LogP contribution in [0.15, 0.2) is 48.5 Å². The second-order valence-electron chi connectivity index (χ2n) is 13.4. The number of nitrogens with zero attached hydrogens (tertiary/aromatic N) is 3. The second kappa shape index (κ2) is 13.9. The molecule has 0 spiro atoms. The third kappa shape index (κ3) is 7.90. The van der Waals surface area contributed by atoms with Crippen molar-refractivity contribution in [3.63, 3.8) is 0 Å². The number of hydrogen-bond donors (Lipinski definition) is 3. The highest BCUT2D eigenvalue weighted by molar-refractivity contribution is 5.94. The normalized spacial score (nSPS) is 17.9. The number of nitrogens with one attached hydrogen (secondary N) is 1. The highest BCUT2D eigenvalue weighted by Gasteiger charge is 2.53. The molecule has 4 N–H and O–H groups in total. The SMILES string of the molecule is C[C@H]1CC(F)(F)c2c1c(C(F)(F)F)nn2CC(=O)N[C@@H](Cc1cc(F)cc(F)c1)c1nc(C#CC2(O)CCCC2)ccc1-c1ccc(F)c(C(N)=O)c1. The number of aliphatic hydroxyl groups is 1. The minimum Gasteiger partial charge on any atom is -0.378 e. The van der Waals surface area contributed by atoms with E-state index in [1.807, 2.05) is 0 Å². The number of alkyl halides is 5. The molecule has 0 saturated heterocycles. The zero-order valence-corrected chi connectivity index (χ0v) is 27.9. The number of fused-ring (bicyclic) bond motifs is 1. The van der Waals surface area contributed by atoms with Gasteiger partial charge >= 0.3 is 6.18 Å². The first-order valence-electron chi connectivity index (χ1n) is 16.5. The molecule has 1 fully saturated rings. The maximum Gasteiger partial charge on any atom is 0.435 e. The number of aromatic nitrogens is 3. The second-order valence-corrected chi connectivity index (χ2v) is 13.4. The van der Waals surface area contributed by atoms with E-state index in [2.05, 4.69) is 27.2 Å². The van der Waals surface area contributed by atoms with Gasteiger partial charge in [0.2, 0.25) is 5.91 Å². The molecule has 0 unspecified atom stereocenters. The summed E-state index contributed by atoms with van der Waals surface area (Å²) in [6, 6.07) is 7.35. The number of halogens is 8. The molecule has 2 heterocycles. The molecule has 0 aliphatic heterocycles. The standard InChI is InChI=1S/C37H31F8N5O3/c1-19-17-36(41,42)33-30(19)32(37(43,44)45)49-50(33)18-29(51)48-28(14-20-12-22(38)16-23(39)13-20)31-25(21-4-7-27(40)26(15-21)34(46)52)6-5-24(47-31)8-11-35(53)9-2-3-10-35/h4-7,12-13,15-16,19,28,53H,2-3,9-10,14,17-18H2,1H3,(H2,46,52)(H,48,51)/t19-,28-/m0/s1. The predicted molar refractivity (Wildman–Crippen MR) is 174 cm³/mol. The molecule has 4 aromatic rings. The highest BCUT2D eigenvalue weighted by Crippen LogP contribution is 2.52. The summed E-state index contributed by atoms with van der Waals surface area (Å²) >= 11 is 0. The van der Waals surface area contributed by atoms with Crippen molar-refractivity contribution in [2.45, 2.75) is 81.7 Å². The topological polar surface area (TPSA) is 123 Å². The molecule has 16 heteroatoms. The molecule has 2 aliphatic carbocycles. The number of hydrogen-bond acceptors (Lipinski definition) is 5. The lowest BCUT2D eigenvalue weighted by Crippen LogP contribution is -2.35. The Labute approximate surface area is 297 Å². The average Bonchev–Trinajstić information content (AvgIpc) is 3.74. The fraction of sp³-hybridized carbons (Fsp3) is 0.351. The molecule has 2 aromatic heterocycles. The zero-order chi connectivity index (χ0) is 38.5. The van der Waals surface area contributed by atoms with Gasteiger partial charge in [0.1, 0.15) is 41.0 Å². The Morgan fingerprint density at radius 3 is 2.38 bits per heavy atom. The lowest BCUT2D eigenvalue weighted by Gasteiger charge is -2.23. The highest BCUT2D eigenvalue weighted by atomic mass is 19.4. The van der Waals surface area contributed by atoms with Crippen molar-refractivity contribution in [1.82, 2.24) is 20.1 Å². The van der Waals surface area contributed by atoms with Crippen LogP contribution in [0.1, 0.15) is 95.2 Å². The van der Waals surface area contributed by atoms with Crippen molar-refractivity contribution in [2.24, 2.45) is 5.73 Å².